The Morgan fingerprint density at radius 3 is 1.85 bits per heavy atom. The predicted molar refractivity (Wildman–Crippen MR) is 85.9 cm³/mol. The van der Waals surface area contributed by atoms with Crippen LogP contribution < -0.4 is 0 Å². The number of hydrogen-bond donors (Lipinski definition) is 0. The molecule has 0 N–H and O–H groups in total. The number of carbonyl (C=O) groups excluding carboxylic acids is 2. The Balaban J connectivity index is 1.95. The van der Waals surface area contributed by atoms with E-state index < -0.39 is 0 Å². The third-order valence-corrected chi connectivity index (χ3v) is 3.90. The summed E-state index contributed by atoms with van der Waals surface area (Å²) < 4.78 is 1.88. The van der Waals surface area contributed by atoms with Gasteiger partial charge in [-0.1, -0.05) is 56.1 Å². The monoisotopic (exact) mass is 394 g/mol. The van der Waals surface area contributed by atoms with Gasteiger partial charge in [-0.05, 0) is 29.8 Å². The van der Waals surface area contributed by atoms with Crippen molar-refractivity contribution in [1.29, 1.82) is 0 Å². The molecule has 0 unspecified atom stereocenters. The summed E-state index contributed by atoms with van der Waals surface area (Å²) in [6.45, 7) is 0. The van der Waals surface area contributed by atoms with Crippen LogP contribution in [0.25, 0.3) is 0 Å². The van der Waals surface area contributed by atoms with E-state index >= 15 is 0 Å². The highest BCUT2D eigenvalue weighted by atomic mass is 79.9. The third kappa shape index (κ3) is 4.39. The van der Waals surface area contributed by atoms with Crippen molar-refractivity contribution in [2.75, 3.05) is 0 Å². The summed E-state index contributed by atoms with van der Waals surface area (Å²) in [6.07, 6.45) is 0.229. The Kier molecular flexibility index (Phi) is 5.26. The van der Waals surface area contributed by atoms with Crippen LogP contribution in [0.3, 0.4) is 0 Å². The van der Waals surface area contributed by atoms with Crippen molar-refractivity contribution in [2.45, 2.75) is 12.8 Å². The van der Waals surface area contributed by atoms with Gasteiger partial charge in [0.1, 0.15) is 5.78 Å². The number of ketones is 2. The van der Waals surface area contributed by atoms with Crippen LogP contribution in [0.2, 0.25) is 0 Å². The minimum absolute atomic E-state index is 0.0578. The first-order chi connectivity index (χ1) is 9.54. The van der Waals surface area contributed by atoms with E-state index in [1.165, 1.54) is 0 Å². The molecule has 0 radical (unpaired) electrons. The molecule has 0 heterocycles. The molecule has 0 amide bonds. The fourth-order valence-electron chi connectivity index (χ4n) is 1.81. The second-order valence-corrected chi connectivity index (χ2v) is 6.28. The number of Topliss-reactive ketones (excluding diaryl/α,β-unsaturated/α-hetero) is 2. The second kappa shape index (κ2) is 6.95. The average molecular weight is 396 g/mol. The van der Waals surface area contributed by atoms with E-state index in [0.29, 0.717) is 5.56 Å². The lowest BCUT2D eigenvalue weighted by Gasteiger charge is -2.02. The van der Waals surface area contributed by atoms with Gasteiger partial charge in [0.2, 0.25) is 0 Å². The molecule has 0 saturated carbocycles. The van der Waals surface area contributed by atoms with Gasteiger partial charge in [0, 0.05) is 20.9 Å². The maximum absolute atomic E-state index is 12.0. The summed E-state index contributed by atoms with van der Waals surface area (Å²) in [5, 5.41) is 0. The number of hydrogen-bond acceptors (Lipinski definition) is 2. The van der Waals surface area contributed by atoms with Crippen molar-refractivity contribution in [2.24, 2.45) is 0 Å². The lowest BCUT2D eigenvalue weighted by molar-refractivity contribution is -0.117. The molecule has 2 aromatic rings. The fraction of sp³-hybridized carbons (Fsp3) is 0.125. The molecule has 0 saturated heterocycles. The van der Waals surface area contributed by atoms with Gasteiger partial charge >= 0.3 is 0 Å². The van der Waals surface area contributed by atoms with E-state index in [1.807, 2.05) is 24.3 Å². The van der Waals surface area contributed by atoms with E-state index in [9.17, 15) is 9.59 Å². The SMILES string of the molecule is O=C(CC(=O)c1ccc(Br)cc1)Cc1ccc(Br)cc1. The fourth-order valence-corrected chi connectivity index (χ4v) is 2.34. The van der Waals surface area contributed by atoms with E-state index in [2.05, 4.69) is 31.9 Å². The predicted octanol–water partition coefficient (Wildman–Crippen LogP) is 4.60. The van der Waals surface area contributed by atoms with Gasteiger partial charge in [0.05, 0.1) is 6.42 Å². The molecule has 0 fully saturated rings. The van der Waals surface area contributed by atoms with E-state index in [1.54, 1.807) is 24.3 Å². The Morgan fingerprint density at radius 2 is 1.30 bits per heavy atom. The maximum atomic E-state index is 12.0. The molecular weight excluding hydrogens is 384 g/mol. The van der Waals surface area contributed by atoms with Gasteiger partial charge in [0.15, 0.2) is 5.78 Å². The molecule has 20 heavy (non-hydrogen) atoms. The number of benzene rings is 2. The molecule has 0 bridgehead atoms. The van der Waals surface area contributed by atoms with Gasteiger partial charge in [-0.3, -0.25) is 9.59 Å². The first kappa shape index (κ1) is 15.1. The summed E-state index contributed by atoms with van der Waals surface area (Å²) in [7, 11) is 0. The molecule has 0 spiro atoms. The smallest absolute Gasteiger partial charge is 0.170 e. The first-order valence-corrected chi connectivity index (χ1v) is 7.68. The Morgan fingerprint density at radius 1 is 0.800 bits per heavy atom. The van der Waals surface area contributed by atoms with Crippen LogP contribution in [0.4, 0.5) is 0 Å². The topological polar surface area (TPSA) is 34.1 Å². The Hall–Kier alpha value is -1.26. The largest absolute Gasteiger partial charge is 0.299 e. The second-order valence-electron chi connectivity index (χ2n) is 4.45. The van der Waals surface area contributed by atoms with Crippen molar-refractivity contribution in [3.63, 3.8) is 0 Å². The molecule has 0 aliphatic heterocycles. The quantitative estimate of drug-likeness (QED) is 0.547. The van der Waals surface area contributed by atoms with E-state index in [4.69, 9.17) is 0 Å². The molecule has 2 aromatic carbocycles. The highest BCUT2D eigenvalue weighted by Gasteiger charge is 2.12. The zero-order chi connectivity index (χ0) is 14.5. The summed E-state index contributed by atoms with van der Waals surface area (Å²) >= 11 is 6.66. The summed E-state index contributed by atoms with van der Waals surface area (Å²) in [6, 6.07) is 14.6. The van der Waals surface area contributed by atoms with Crippen LogP contribution in [0.15, 0.2) is 57.5 Å². The summed E-state index contributed by atoms with van der Waals surface area (Å²) in [4.78, 5) is 23.9. The van der Waals surface area contributed by atoms with Crippen molar-refractivity contribution in [3.8, 4) is 0 Å². The molecule has 0 aliphatic carbocycles. The van der Waals surface area contributed by atoms with Gasteiger partial charge in [-0.15, -0.1) is 0 Å². The lowest BCUT2D eigenvalue weighted by atomic mass is 10.0. The van der Waals surface area contributed by atoms with Crippen LogP contribution in [0, 0.1) is 0 Å². The van der Waals surface area contributed by atoms with Crippen LogP contribution in [-0.2, 0) is 11.2 Å². The van der Waals surface area contributed by atoms with Gasteiger partial charge < -0.3 is 0 Å². The minimum atomic E-state index is -0.139. The minimum Gasteiger partial charge on any atom is -0.299 e. The molecule has 0 aliphatic rings. The average Bonchev–Trinajstić information content (AvgIpc) is 2.42. The Bertz CT molecular complexity index is 616. The summed E-state index contributed by atoms with van der Waals surface area (Å²) in [5.41, 5.74) is 1.49. The van der Waals surface area contributed by atoms with Crippen molar-refractivity contribution < 1.29 is 9.59 Å². The molecular formula is C16H12Br2O2. The van der Waals surface area contributed by atoms with E-state index in [-0.39, 0.29) is 24.4 Å². The van der Waals surface area contributed by atoms with Crippen LogP contribution in [0.5, 0.6) is 0 Å². The van der Waals surface area contributed by atoms with Crippen molar-refractivity contribution in [3.05, 3.63) is 68.6 Å². The van der Waals surface area contributed by atoms with E-state index in [0.717, 1.165) is 14.5 Å². The Labute approximate surface area is 134 Å². The van der Waals surface area contributed by atoms with Gasteiger partial charge in [-0.25, -0.2) is 0 Å². The van der Waals surface area contributed by atoms with Gasteiger partial charge in [0.25, 0.3) is 0 Å². The summed E-state index contributed by atoms with van der Waals surface area (Å²) in [5.74, 6) is -0.208. The normalized spacial score (nSPS) is 10.3. The standard InChI is InChI=1S/C16H12Br2O2/c17-13-5-1-11(2-6-13)9-15(19)10-16(20)12-3-7-14(18)8-4-12/h1-8H,9-10H2. The molecule has 4 heteroatoms. The van der Waals surface area contributed by atoms with Crippen LogP contribution in [-0.4, -0.2) is 11.6 Å². The molecule has 0 atom stereocenters. The highest BCUT2D eigenvalue weighted by Crippen LogP contribution is 2.14. The molecule has 2 nitrogen and oxygen atoms in total. The maximum Gasteiger partial charge on any atom is 0.170 e. The molecule has 102 valence electrons. The zero-order valence-corrected chi connectivity index (χ0v) is 13.8. The van der Waals surface area contributed by atoms with Gasteiger partial charge in [-0.2, -0.15) is 0 Å². The number of halogens is 2. The third-order valence-electron chi connectivity index (χ3n) is 2.84. The first-order valence-electron chi connectivity index (χ1n) is 6.09. The number of carbonyl (C=O) groups is 2. The van der Waals surface area contributed by atoms with Crippen LogP contribution in [0.1, 0.15) is 22.3 Å². The zero-order valence-electron chi connectivity index (χ0n) is 10.6. The van der Waals surface area contributed by atoms with Crippen molar-refractivity contribution in [1.82, 2.24) is 0 Å². The number of rotatable bonds is 5. The molecule has 0 aromatic heterocycles. The molecule has 2 rings (SSSR count). The highest BCUT2D eigenvalue weighted by molar-refractivity contribution is 9.10. The lowest BCUT2D eigenvalue weighted by Crippen LogP contribution is -2.10. The van der Waals surface area contributed by atoms with Crippen molar-refractivity contribution >= 4 is 43.4 Å². The van der Waals surface area contributed by atoms with Crippen LogP contribution >= 0.6 is 31.9 Å².